The van der Waals surface area contributed by atoms with Crippen molar-refractivity contribution in [3.63, 3.8) is 0 Å². The maximum atomic E-state index is 13.4. The Labute approximate surface area is 201 Å². The van der Waals surface area contributed by atoms with Gasteiger partial charge in [-0.1, -0.05) is 6.07 Å². The average Bonchev–Trinajstić information content (AvgIpc) is 3.23. The van der Waals surface area contributed by atoms with Crippen molar-refractivity contribution in [1.82, 2.24) is 14.7 Å². The van der Waals surface area contributed by atoms with Gasteiger partial charge in [0.15, 0.2) is 11.5 Å². The van der Waals surface area contributed by atoms with E-state index in [1.54, 1.807) is 14.2 Å². The second-order valence-electron chi connectivity index (χ2n) is 10.3. The molecule has 8 nitrogen and oxygen atoms in total. The Morgan fingerprint density at radius 3 is 2.65 bits per heavy atom. The molecule has 4 aliphatic heterocycles. The lowest BCUT2D eigenvalue weighted by Gasteiger charge is -2.52. The highest BCUT2D eigenvalue weighted by Gasteiger charge is 2.46. The number of ether oxygens (including phenoxy) is 2. The number of rotatable bonds is 6. The zero-order valence-electron chi connectivity index (χ0n) is 20.2. The van der Waals surface area contributed by atoms with Gasteiger partial charge in [0.25, 0.3) is 0 Å². The van der Waals surface area contributed by atoms with Crippen LogP contribution in [0.15, 0.2) is 18.2 Å². The van der Waals surface area contributed by atoms with Gasteiger partial charge in [0.05, 0.1) is 20.1 Å². The predicted molar refractivity (Wildman–Crippen MR) is 125 cm³/mol. The smallest absolute Gasteiger partial charge is 0.228 e. The van der Waals surface area contributed by atoms with Crippen molar-refractivity contribution in [1.29, 1.82) is 0 Å². The molecule has 5 rings (SSSR count). The molecule has 4 saturated heterocycles. The molecule has 184 valence electrons. The van der Waals surface area contributed by atoms with Gasteiger partial charge < -0.3 is 24.2 Å². The van der Waals surface area contributed by atoms with Gasteiger partial charge >= 0.3 is 0 Å². The van der Waals surface area contributed by atoms with Crippen LogP contribution in [0.5, 0.6) is 11.5 Å². The largest absolute Gasteiger partial charge is 0.493 e. The van der Waals surface area contributed by atoms with Crippen LogP contribution in [0.25, 0.3) is 0 Å². The van der Waals surface area contributed by atoms with Gasteiger partial charge in [-0.15, -0.1) is 0 Å². The summed E-state index contributed by atoms with van der Waals surface area (Å²) < 4.78 is 10.7. The third-order valence-corrected chi connectivity index (χ3v) is 8.17. The van der Waals surface area contributed by atoms with Gasteiger partial charge in [0.1, 0.15) is 0 Å². The predicted octanol–water partition coefficient (Wildman–Crippen LogP) is 1.95. The molecule has 0 N–H and O–H groups in total. The number of amides is 3. The van der Waals surface area contributed by atoms with Crippen LogP contribution in [0.3, 0.4) is 0 Å². The van der Waals surface area contributed by atoms with E-state index in [2.05, 4.69) is 4.90 Å². The molecule has 8 heteroatoms. The summed E-state index contributed by atoms with van der Waals surface area (Å²) in [6.07, 6.45) is 4.79. The molecule has 4 fully saturated rings. The van der Waals surface area contributed by atoms with Gasteiger partial charge in [0.2, 0.25) is 17.7 Å². The SMILES string of the molecule is COc1ccc(CCN2C[C@@H](C(=O)N3C[C@H]4C[C@@H](C3)[C@@H]3CCCC(=O)N3C4)CC2=O)cc1OC. The first-order valence-corrected chi connectivity index (χ1v) is 12.5. The lowest BCUT2D eigenvalue weighted by atomic mass is 9.75. The first kappa shape index (κ1) is 23.0. The number of fused-ring (bicyclic) bond motifs is 4. The fraction of sp³-hybridized carbons (Fsp3) is 0.654. The van der Waals surface area contributed by atoms with Crippen molar-refractivity contribution in [3.8, 4) is 11.5 Å². The molecule has 4 heterocycles. The normalized spacial score (nSPS) is 28.7. The van der Waals surface area contributed by atoms with Crippen LogP contribution in [0.1, 0.15) is 37.7 Å². The molecule has 4 atom stereocenters. The molecule has 0 aliphatic carbocycles. The molecule has 0 spiro atoms. The first-order valence-electron chi connectivity index (χ1n) is 12.5. The highest BCUT2D eigenvalue weighted by atomic mass is 16.5. The van der Waals surface area contributed by atoms with Crippen LogP contribution < -0.4 is 9.47 Å². The standard InChI is InChI=1S/C26H35N3O5/c1-33-22-7-6-17(11-23(22)34-2)8-9-27-16-20(12-25(27)31)26(32)28-13-18-10-19(15-28)21-4-3-5-24(30)29(21)14-18/h6-7,11,18-21H,3-5,8-10,12-16H2,1-2H3/t18-,19+,20+,21+/m1/s1. The summed E-state index contributed by atoms with van der Waals surface area (Å²) >= 11 is 0. The van der Waals surface area contributed by atoms with Crippen LogP contribution >= 0.6 is 0 Å². The topological polar surface area (TPSA) is 79.4 Å². The van der Waals surface area contributed by atoms with E-state index >= 15 is 0 Å². The number of piperidine rings is 3. The lowest BCUT2D eigenvalue weighted by molar-refractivity contribution is -0.150. The van der Waals surface area contributed by atoms with Crippen LogP contribution in [0.2, 0.25) is 0 Å². The van der Waals surface area contributed by atoms with E-state index in [1.807, 2.05) is 28.0 Å². The molecule has 0 unspecified atom stereocenters. The Bertz CT molecular complexity index is 966. The summed E-state index contributed by atoms with van der Waals surface area (Å²) in [6, 6.07) is 6.08. The molecule has 34 heavy (non-hydrogen) atoms. The van der Waals surface area contributed by atoms with Crippen molar-refractivity contribution in [2.45, 2.75) is 44.6 Å². The van der Waals surface area contributed by atoms with E-state index in [0.29, 0.717) is 62.2 Å². The van der Waals surface area contributed by atoms with Crippen LogP contribution in [0.4, 0.5) is 0 Å². The lowest BCUT2D eigenvalue weighted by Crippen LogP contribution is -2.61. The van der Waals surface area contributed by atoms with Crippen molar-refractivity contribution in [2.24, 2.45) is 17.8 Å². The van der Waals surface area contributed by atoms with E-state index < -0.39 is 0 Å². The van der Waals surface area contributed by atoms with Gasteiger partial charge in [-0.25, -0.2) is 0 Å². The molecule has 0 aromatic heterocycles. The zero-order chi connectivity index (χ0) is 23.8. The fourth-order valence-electron chi connectivity index (χ4n) is 6.50. The molecule has 4 aliphatic rings. The third kappa shape index (κ3) is 4.34. The Hall–Kier alpha value is -2.77. The molecule has 0 saturated carbocycles. The number of carbonyl (C=O) groups is 3. The molecule has 3 amide bonds. The van der Waals surface area contributed by atoms with E-state index in [-0.39, 0.29) is 29.7 Å². The summed E-state index contributed by atoms with van der Waals surface area (Å²) in [5, 5.41) is 0. The summed E-state index contributed by atoms with van der Waals surface area (Å²) in [6.45, 7) is 3.29. The van der Waals surface area contributed by atoms with Crippen molar-refractivity contribution in [3.05, 3.63) is 23.8 Å². The van der Waals surface area contributed by atoms with Crippen molar-refractivity contribution in [2.75, 3.05) is 46.9 Å². The Morgan fingerprint density at radius 2 is 1.85 bits per heavy atom. The van der Waals surface area contributed by atoms with E-state index in [0.717, 1.165) is 37.9 Å². The summed E-state index contributed by atoms with van der Waals surface area (Å²) in [4.78, 5) is 44.4. The number of hydrogen-bond donors (Lipinski definition) is 0. The number of methoxy groups -OCH3 is 2. The van der Waals surface area contributed by atoms with Crippen molar-refractivity contribution >= 4 is 17.7 Å². The minimum Gasteiger partial charge on any atom is -0.493 e. The minimum atomic E-state index is -0.263. The highest BCUT2D eigenvalue weighted by Crippen LogP contribution is 2.38. The number of carbonyl (C=O) groups excluding carboxylic acids is 3. The van der Waals surface area contributed by atoms with Gasteiger partial charge in [-0.2, -0.15) is 0 Å². The number of benzene rings is 1. The second kappa shape index (κ2) is 9.47. The van der Waals surface area contributed by atoms with E-state index in [1.165, 1.54) is 0 Å². The molecular weight excluding hydrogens is 434 g/mol. The van der Waals surface area contributed by atoms with E-state index in [4.69, 9.17) is 9.47 Å². The zero-order valence-corrected chi connectivity index (χ0v) is 20.2. The van der Waals surface area contributed by atoms with Gasteiger partial charge in [-0.3, -0.25) is 14.4 Å². The fourth-order valence-corrected chi connectivity index (χ4v) is 6.50. The van der Waals surface area contributed by atoms with Crippen LogP contribution in [-0.4, -0.2) is 85.4 Å². The van der Waals surface area contributed by atoms with Crippen molar-refractivity contribution < 1.29 is 23.9 Å². The molecule has 0 radical (unpaired) electrons. The highest BCUT2D eigenvalue weighted by molar-refractivity contribution is 5.89. The number of likely N-dealkylation sites (tertiary alicyclic amines) is 2. The third-order valence-electron chi connectivity index (χ3n) is 8.17. The molecular formula is C26H35N3O5. The van der Waals surface area contributed by atoms with Gasteiger partial charge in [0, 0.05) is 51.6 Å². The minimum absolute atomic E-state index is 0.0556. The average molecular weight is 470 g/mol. The Balaban J connectivity index is 1.18. The maximum Gasteiger partial charge on any atom is 0.228 e. The van der Waals surface area contributed by atoms with E-state index in [9.17, 15) is 14.4 Å². The molecule has 2 bridgehead atoms. The second-order valence-corrected chi connectivity index (χ2v) is 10.3. The number of nitrogens with zero attached hydrogens (tertiary/aromatic N) is 3. The molecule has 1 aromatic carbocycles. The summed E-state index contributed by atoms with van der Waals surface area (Å²) in [7, 11) is 3.22. The van der Waals surface area contributed by atoms with Gasteiger partial charge in [-0.05, 0) is 55.2 Å². The van der Waals surface area contributed by atoms with Crippen LogP contribution in [-0.2, 0) is 20.8 Å². The molecule has 1 aromatic rings. The van der Waals surface area contributed by atoms with Crippen LogP contribution in [0, 0.1) is 17.8 Å². The number of hydrogen-bond acceptors (Lipinski definition) is 5. The summed E-state index contributed by atoms with van der Waals surface area (Å²) in [5.41, 5.74) is 1.07. The quantitative estimate of drug-likeness (QED) is 0.636. The summed E-state index contributed by atoms with van der Waals surface area (Å²) in [5.74, 6) is 2.29. The maximum absolute atomic E-state index is 13.4. The Morgan fingerprint density at radius 1 is 1.03 bits per heavy atom. The Kier molecular flexibility index (Phi) is 6.40. The monoisotopic (exact) mass is 469 g/mol. The first-order chi connectivity index (χ1) is 16.5.